The van der Waals surface area contributed by atoms with Crippen LogP contribution in [-0.2, 0) is 16.6 Å². The lowest BCUT2D eigenvalue weighted by atomic mass is 10.3. The molecule has 0 N–H and O–H groups in total. The van der Waals surface area contributed by atoms with Gasteiger partial charge in [-0.05, 0) is 54.9 Å². The van der Waals surface area contributed by atoms with Crippen molar-refractivity contribution in [2.75, 3.05) is 14.2 Å². The third kappa shape index (κ3) is 4.19. The van der Waals surface area contributed by atoms with Crippen LogP contribution in [0.25, 0.3) is 0 Å². The molecule has 2 rings (SSSR count). The molecule has 25 heavy (non-hydrogen) atoms. The van der Waals surface area contributed by atoms with Crippen LogP contribution >= 0.6 is 15.9 Å². The van der Waals surface area contributed by atoms with Gasteiger partial charge in [0.1, 0.15) is 16.4 Å². The number of methoxy groups -OCH3 is 2. The van der Waals surface area contributed by atoms with Gasteiger partial charge in [-0.25, -0.2) is 8.42 Å². The molecule has 0 fully saturated rings. The van der Waals surface area contributed by atoms with E-state index in [2.05, 4.69) is 15.9 Å². The molecule has 0 saturated heterocycles. The van der Waals surface area contributed by atoms with E-state index in [9.17, 15) is 8.42 Å². The Balaban J connectivity index is 2.50. The minimum atomic E-state index is -3.79. The molecule has 8 heteroatoms. The van der Waals surface area contributed by atoms with Gasteiger partial charge in [-0.1, -0.05) is 0 Å². The maximum atomic E-state index is 13.2. The molecule has 0 saturated carbocycles. The highest BCUT2D eigenvalue weighted by atomic mass is 79.9. The molecule has 0 amide bonds. The number of hydrogen-bond donors (Lipinski definition) is 0. The zero-order valence-corrected chi connectivity index (χ0v) is 17.3. The molecule has 1 heterocycles. The van der Waals surface area contributed by atoms with Crippen LogP contribution in [0.4, 0.5) is 0 Å². The van der Waals surface area contributed by atoms with Crippen molar-refractivity contribution in [3.8, 4) is 11.5 Å². The Bertz CT molecular complexity index is 845. The standard InChI is InChI=1S/C17H22BrNO5S/c1-11(2)19(10-13-7-6-12(3)24-13)25(20,21)17-9-16(23-5)15(22-4)8-14(17)18/h6-9,11H,10H2,1-5H3. The molecule has 6 nitrogen and oxygen atoms in total. The molecular weight excluding hydrogens is 410 g/mol. The molecule has 0 bridgehead atoms. The summed E-state index contributed by atoms with van der Waals surface area (Å²) < 4.78 is 44.3. The fraction of sp³-hybridized carbons (Fsp3) is 0.412. The van der Waals surface area contributed by atoms with Gasteiger partial charge in [0.25, 0.3) is 0 Å². The average molecular weight is 432 g/mol. The van der Waals surface area contributed by atoms with Crippen LogP contribution in [0.1, 0.15) is 25.4 Å². The highest BCUT2D eigenvalue weighted by Gasteiger charge is 2.31. The highest BCUT2D eigenvalue weighted by molar-refractivity contribution is 9.10. The number of nitrogens with zero attached hydrogens (tertiary/aromatic N) is 1. The summed E-state index contributed by atoms with van der Waals surface area (Å²) in [5, 5.41) is 0. The molecule has 2 aromatic rings. The molecule has 0 radical (unpaired) electrons. The predicted octanol–water partition coefficient (Wildman–Crippen LogP) is 3.97. The Morgan fingerprint density at radius 1 is 1.16 bits per heavy atom. The maximum absolute atomic E-state index is 13.2. The van der Waals surface area contributed by atoms with E-state index in [-0.39, 0.29) is 17.5 Å². The van der Waals surface area contributed by atoms with E-state index < -0.39 is 10.0 Å². The Morgan fingerprint density at radius 2 is 1.76 bits per heavy atom. The summed E-state index contributed by atoms with van der Waals surface area (Å²) in [6.07, 6.45) is 0. The molecule has 0 aliphatic carbocycles. The van der Waals surface area contributed by atoms with E-state index in [0.717, 1.165) is 5.76 Å². The molecule has 0 spiro atoms. The molecule has 1 aromatic heterocycles. The third-order valence-corrected chi connectivity index (χ3v) is 6.69. The topological polar surface area (TPSA) is 69.0 Å². The van der Waals surface area contributed by atoms with E-state index in [1.54, 1.807) is 12.1 Å². The second-order valence-electron chi connectivity index (χ2n) is 5.79. The average Bonchev–Trinajstić information content (AvgIpc) is 2.96. The van der Waals surface area contributed by atoms with Crippen LogP contribution in [0.5, 0.6) is 11.5 Å². The van der Waals surface area contributed by atoms with Crippen LogP contribution < -0.4 is 9.47 Å². The molecule has 138 valence electrons. The number of rotatable bonds is 7. The van der Waals surface area contributed by atoms with E-state index in [4.69, 9.17) is 13.9 Å². The van der Waals surface area contributed by atoms with E-state index >= 15 is 0 Å². The number of aryl methyl sites for hydroxylation is 1. The van der Waals surface area contributed by atoms with Crippen molar-refractivity contribution in [1.82, 2.24) is 4.31 Å². The fourth-order valence-electron chi connectivity index (χ4n) is 2.43. The zero-order valence-electron chi connectivity index (χ0n) is 14.9. The quantitative estimate of drug-likeness (QED) is 0.663. The summed E-state index contributed by atoms with van der Waals surface area (Å²) in [4.78, 5) is 0.113. The highest BCUT2D eigenvalue weighted by Crippen LogP contribution is 2.37. The molecule has 0 unspecified atom stereocenters. The van der Waals surface area contributed by atoms with Gasteiger partial charge in [-0.2, -0.15) is 4.31 Å². The number of ether oxygens (including phenoxy) is 2. The van der Waals surface area contributed by atoms with Gasteiger partial charge in [0.05, 0.1) is 20.8 Å². The Hall–Kier alpha value is -1.51. The Kier molecular flexibility index (Phi) is 6.18. The minimum Gasteiger partial charge on any atom is -0.493 e. The van der Waals surface area contributed by atoms with Gasteiger partial charge >= 0.3 is 0 Å². The number of hydrogen-bond acceptors (Lipinski definition) is 5. The second-order valence-corrected chi connectivity index (χ2v) is 8.51. The van der Waals surface area contributed by atoms with Crippen LogP contribution in [0.15, 0.2) is 38.1 Å². The van der Waals surface area contributed by atoms with Gasteiger partial charge in [-0.15, -0.1) is 0 Å². The second kappa shape index (κ2) is 7.80. The first-order valence-electron chi connectivity index (χ1n) is 7.69. The number of sulfonamides is 1. The van der Waals surface area contributed by atoms with Crippen molar-refractivity contribution < 1.29 is 22.3 Å². The third-order valence-electron chi connectivity index (χ3n) is 3.71. The first kappa shape index (κ1) is 19.8. The summed E-state index contributed by atoms with van der Waals surface area (Å²) in [6, 6.07) is 6.38. The summed E-state index contributed by atoms with van der Waals surface area (Å²) in [5.74, 6) is 2.13. The van der Waals surface area contributed by atoms with Crippen LogP contribution in [0.2, 0.25) is 0 Å². The lowest BCUT2D eigenvalue weighted by Crippen LogP contribution is -2.36. The molecule has 1 aromatic carbocycles. The number of halogens is 1. The monoisotopic (exact) mass is 431 g/mol. The van der Waals surface area contributed by atoms with Crippen molar-refractivity contribution in [2.45, 2.75) is 38.3 Å². The molecule has 0 aliphatic rings. The normalized spacial score (nSPS) is 12.0. The van der Waals surface area contributed by atoms with Crippen molar-refractivity contribution in [3.63, 3.8) is 0 Å². The summed E-state index contributed by atoms with van der Waals surface area (Å²) in [6.45, 7) is 5.61. The SMILES string of the molecule is COc1cc(Br)c(S(=O)(=O)N(Cc2ccc(C)o2)C(C)C)cc1OC. The first-order valence-corrected chi connectivity index (χ1v) is 9.92. The first-order chi connectivity index (χ1) is 11.7. The van der Waals surface area contributed by atoms with Crippen LogP contribution in [-0.4, -0.2) is 33.0 Å². The fourth-order valence-corrected chi connectivity index (χ4v) is 5.03. The lowest BCUT2D eigenvalue weighted by molar-refractivity contribution is 0.314. The van der Waals surface area contributed by atoms with Gasteiger partial charge < -0.3 is 13.9 Å². The van der Waals surface area contributed by atoms with Crippen LogP contribution in [0.3, 0.4) is 0 Å². The maximum Gasteiger partial charge on any atom is 0.244 e. The lowest BCUT2D eigenvalue weighted by Gasteiger charge is -2.26. The van der Waals surface area contributed by atoms with Gasteiger partial charge in [0, 0.05) is 16.6 Å². The molecule has 0 aliphatic heterocycles. The summed E-state index contributed by atoms with van der Waals surface area (Å²) in [5.41, 5.74) is 0. The van der Waals surface area contributed by atoms with E-state index in [1.807, 2.05) is 26.8 Å². The minimum absolute atomic E-state index is 0.113. The van der Waals surface area contributed by atoms with Gasteiger partial charge in [-0.3, -0.25) is 0 Å². The number of benzene rings is 1. The molecule has 0 atom stereocenters. The van der Waals surface area contributed by atoms with Crippen molar-refractivity contribution in [2.24, 2.45) is 0 Å². The molecular formula is C17H22BrNO5S. The van der Waals surface area contributed by atoms with Crippen molar-refractivity contribution >= 4 is 26.0 Å². The largest absolute Gasteiger partial charge is 0.493 e. The smallest absolute Gasteiger partial charge is 0.244 e. The van der Waals surface area contributed by atoms with Crippen molar-refractivity contribution in [1.29, 1.82) is 0 Å². The van der Waals surface area contributed by atoms with Crippen molar-refractivity contribution in [3.05, 3.63) is 40.3 Å². The van der Waals surface area contributed by atoms with E-state index in [1.165, 1.54) is 24.6 Å². The summed E-state index contributed by atoms with van der Waals surface area (Å²) >= 11 is 3.33. The van der Waals surface area contributed by atoms with E-state index in [0.29, 0.717) is 21.7 Å². The van der Waals surface area contributed by atoms with Gasteiger partial charge in [0.2, 0.25) is 10.0 Å². The van der Waals surface area contributed by atoms with Gasteiger partial charge in [0.15, 0.2) is 11.5 Å². The Labute approximate surface area is 156 Å². The summed E-state index contributed by atoms with van der Waals surface area (Å²) in [7, 11) is -0.822. The predicted molar refractivity (Wildman–Crippen MR) is 98.6 cm³/mol. The zero-order chi connectivity index (χ0) is 18.8. The van der Waals surface area contributed by atoms with Crippen LogP contribution in [0, 0.1) is 6.92 Å². The Morgan fingerprint density at radius 3 is 2.24 bits per heavy atom. The number of furan rings is 1.